The molecule has 0 nitrogen and oxygen atoms in total. The van der Waals surface area contributed by atoms with Gasteiger partial charge in [-0.15, -0.1) is 11.8 Å². The fourth-order valence-electron chi connectivity index (χ4n) is 2.26. The Morgan fingerprint density at radius 2 is 1.94 bits per heavy atom. The van der Waals surface area contributed by atoms with E-state index >= 15 is 0 Å². The number of fused-ring (bicyclic) bond motifs is 2. The third-order valence-electron chi connectivity index (χ3n) is 3.05. The molecule has 1 aliphatic carbocycles. The highest BCUT2D eigenvalue weighted by molar-refractivity contribution is 7.99. The number of allylic oxidation sites excluding steroid dienone is 4. The molecule has 0 saturated heterocycles. The van der Waals surface area contributed by atoms with Gasteiger partial charge in [0.15, 0.2) is 0 Å². The van der Waals surface area contributed by atoms with E-state index in [0.717, 1.165) is 6.42 Å². The van der Waals surface area contributed by atoms with Crippen LogP contribution in [-0.2, 0) is 5.41 Å². The highest BCUT2D eigenvalue weighted by atomic mass is 32.2. The maximum Gasteiger partial charge on any atom is 0.0275 e. The van der Waals surface area contributed by atoms with Crippen LogP contribution in [0.15, 0.2) is 53.5 Å². The molecule has 1 unspecified atom stereocenters. The van der Waals surface area contributed by atoms with Gasteiger partial charge >= 0.3 is 0 Å². The van der Waals surface area contributed by atoms with Crippen molar-refractivity contribution in [1.29, 1.82) is 0 Å². The quantitative estimate of drug-likeness (QED) is 0.629. The molecule has 0 saturated carbocycles. The van der Waals surface area contributed by atoms with E-state index in [2.05, 4.69) is 48.6 Å². The smallest absolute Gasteiger partial charge is 0.0275 e. The van der Waals surface area contributed by atoms with Crippen molar-refractivity contribution >= 4 is 11.8 Å². The van der Waals surface area contributed by atoms with E-state index in [4.69, 9.17) is 0 Å². The van der Waals surface area contributed by atoms with Crippen molar-refractivity contribution < 1.29 is 0 Å². The molecule has 0 amide bonds. The monoisotopic (exact) mass is 230 g/mol. The van der Waals surface area contributed by atoms with Gasteiger partial charge in [-0.05, 0) is 18.1 Å². The van der Waals surface area contributed by atoms with Crippen LogP contribution in [0.2, 0.25) is 0 Å². The van der Waals surface area contributed by atoms with Crippen molar-refractivity contribution in [2.45, 2.75) is 30.6 Å². The molecule has 2 aliphatic rings. The normalized spacial score (nSPS) is 25.1. The van der Waals surface area contributed by atoms with Gasteiger partial charge in [-0.3, -0.25) is 0 Å². The lowest BCUT2D eigenvalue weighted by Gasteiger charge is -2.26. The topological polar surface area (TPSA) is 0 Å². The minimum absolute atomic E-state index is 0.302. The fourth-order valence-corrected chi connectivity index (χ4v) is 3.64. The molecule has 1 atom stereocenters. The Hall–Kier alpha value is -0.950. The summed E-state index contributed by atoms with van der Waals surface area (Å²) in [4.78, 5) is 1.47. The molecule has 1 spiro atoms. The molecular formula is C15H18S. The molecule has 1 heterocycles. The van der Waals surface area contributed by atoms with Crippen LogP contribution in [0.5, 0.6) is 0 Å². The molecule has 1 heteroatoms. The second-order valence-electron chi connectivity index (χ2n) is 3.93. The molecule has 1 aromatic rings. The van der Waals surface area contributed by atoms with Crippen LogP contribution in [0.4, 0.5) is 0 Å². The average Bonchev–Trinajstić information content (AvgIpc) is 2.73. The van der Waals surface area contributed by atoms with Gasteiger partial charge < -0.3 is 0 Å². The highest BCUT2D eigenvalue weighted by Crippen LogP contribution is 2.47. The maximum absolute atomic E-state index is 2.37. The number of hydrogen-bond acceptors (Lipinski definition) is 1. The predicted molar refractivity (Wildman–Crippen MR) is 73.1 cm³/mol. The molecule has 1 aliphatic heterocycles. The van der Waals surface area contributed by atoms with Crippen molar-refractivity contribution in [1.82, 2.24) is 0 Å². The molecule has 16 heavy (non-hydrogen) atoms. The van der Waals surface area contributed by atoms with Crippen LogP contribution < -0.4 is 0 Å². The first kappa shape index (κ1) is 11.5. The van der Waals surface area contributed by atoms with Gasteiger partial charge in [0.2, 0.25) is 0 Å². The molecule has 1 aromatic carbocycles. The fraction of sp³-hybridized carbons (Fsp3) is 0.333. The Bertz CT molecular complexity index is 417. The molecule has 0 fully saturated rings. The Morgan fingerprint density at radius 3 is 2.69 bits per heavy atom. The van der Waals surface area contributed by atoms with Gasteiger partial charge in [-0.25, -0.2) is 0 Å². The van der Waals surface area contributed by atoms with E-state index in [1.165, 1.54) is 16.2 Å². The van der Waals surface area contributed by atoms with Crippen LogP contribution >= 0.6 is 11.8 Å². The number of rotatable bonds is 0. The van der Waals surface area contributed by atoms with Crippen molar-refractivity contribution in [2.75, 3.05) is 5.75 Å². The Labute approximate surface area is 102 Å². The Balaban J connectivity index is 0.000000457. The van der Waals surface area contributed by atoms with Gasteiger partial charge in [0.05, 0.1) is 0 Å². The lowest BCUT2D eigenvalue weighted by atomic mass is 9.77. The van der Waals surface area contributed by atoms with Gasteiger partial charge in [0.25, 0.3) is 0 Å². The zero-order valence-electron chi connectivity index (χ0n) is 9.94. The maximum atomic E-state index is 2.37. The Kier molecular flexibility index (Phi) is 3.55. The van der Waals surface area contributed by atoms with Gasteiger partial charge in [-0.1, -0.05) is 56.4 Å². The summed E-state index contributed by atoms with van der Waals surface area (Å²) in [6.45, 7) is 4.00. The first-order valence-electron chi connectivity index (χ1n) is 5.97. The summed E-state index contributed by atoms with van der Waals surface area (Å²) >= 11 is 1.99. The number of hydrogen-bond donors (Lipinski definition) is 0. The van der Waals surface area contributed by atoms with E-state index in [1.54, 1.807) is 0 Å². The van der Waals surface area contributed by atoms with Crippen molar-refractivity contribution in [3.05, 3.63) is 54.1 Å². The summed E-state index contributed by atoms with van der Waals surface area (Å²) in [5, 5.41) is 0. The van der Waals surface area contributed by atoms with Crippen molar-refractivity contribution in [3.8, 4) is 0 Å². The van der Waals surface area contributed by atoms with Crippen LogP contribution in [0, 0.1) is 0 Å². The first-order valence-corrected chi connectivity index (χ1v) is 6.96. The lowest BCUT2D eigenvalue weighted by molar-refractivity contribution is 0.614. The minimum Gasteiger partial charge on any atom is -0.125 e. The summed E-state index contributed by atoms with van der Waals surface area (Å²) in [5.41, 5.74) is 1.82. The predicted octanol–water partition coefficient (Wildman–Crippen LogP) is 4.57. The Morgan fingerprint density at radius 1 is 1.12 bits per heavy atom. The minimum atomic E-state index is 0.302. The van der Waals surface area contributed by atoms with E-state index < -0.39 is 0 Å². The molecule has 0 bridgehead atoms. The van der Waals surface area contributed by atoms with Crippen LogP contribution in [0.1, 0.15) is 25.8 Å². The molecular weight excluding hydrogens is 212 g/mol. The largest absolute Gasteiger partial charge is 0.125 e. The molecule has 0 N–H and O–H groups in total. The second kappa shape index (κ2) is 4.92. The first-order chi connectivity index (χ1) is 7.91. The van der Waals surface area contributed by atoms with E-state index in [1.807, 2.05) is 25.6 Å². The van der Waals surface area contributed by atoms with E-state index in [-0.39, 0.29) is 0 Å². The third kappa shape index (κ3) is 1.84. The van der Waals surface area contributed by atoms with Crippen LogP contribution in [-0.4, -0.2) is 5.75 Å². The third-order valence-corrected chi connectivity index (χ3v) is 4.38. The lowest BCUT2D eigenvalue weighted by Crippen LogP contribution is -2.23. The molecule has 84 valence electrons. The van der Waals surface area contributed by atoms with Gasteiger partial charge in [-0.2, -0.15) is 0 Å². The highest BCUT2D eigenvalue weighted by Gasteiger charge is 2.36. The standard InChI is InChI=1S/C13H12S.C2H6/c1-4-8-13(9-5-1)10-14-12-7-3-2-6-11(12)13;1-2/h1-8H,9-10H2;1-2H3. The van der Waals surface area contributed by atoms with Crippen molar-refractivity contribution in [2.24, 2.45) is 0 Å². The molecule has 0 aromatic heterocycles. The summed E-state index contributed by atoms with van der Waals surface area (Å²) in [6.07, 6.45) is 10.1. The van der Waals surface area contributed by atoms with Crippen LogP contribution in [0.3, 0.4) is 0 Å². The zero-order chi connectivity index (χ0) is 11.4. The summed E-state index contributed by atoms with van der Waals surface area (Å²) in [5.74, 6) is 1.20. The van der Waals surface area contributed by atoms with Crippen LogP contribution in [0.25, 0.3) is 0 Å². The van der Waals surface area contributed by atoms with E-state index in [0.29, 0.717) is 5.41 Å². The van der Waals surface area contributed by atoms with Gasteiger partial charge in [0.1, 0.15) is 0 Å². The zero-order valence-corrected chi connectivity index (χ0v) is 10.8. The summed E-state index contributed by atoms with van der Waals surface area (Å²) in [7, 11) is 0. The van der Waals surface area contributed by atoms with E-state index in [9.17, 15) is 0 Å². The summed E-state index contributed by atoms with van der Waals surface area (Å²) < 4.78 is 0. The summed E-state index contributed by atoms with van der Waals surface area (Å²) in [6, 6.07) is 8.80. The van der Waals surface area contributed by atoms with Gasteiger partial charge in [0, 0.05) is 16.1 Å². The molecule has 0 radical (unpaired) electrons. The second-order valence-corrected chi connectivity index (χ2v) is 4.95. The average molecular weight is 230 g/mol. The SMILES string of the molecule is C1=CCC2(C=C1)CSc1ccccc12.CC. The number of benzene rings is 1. The van der Waals surface area contributed by atoms with Crippen molar-refractivity contribution in [3.63, 3.8) is 0 Å². The molecule has 3 rings (SSSR count). The number of thioether (sulfide) groups is 1.